The molecular formula is C18H15NO3. The quantitative estimate of drug-likeness (QED) is 0.713. The van der Waals surface area contributed by atoms with E-state index in [0.29, 0.717) is 12.3 Å². The highest BCUT2D eigenvalue weighted by Gasteiger charge is 2.14. The Kier molecular flexibility index (Phi) is 3.66. The molecule has 1 aromatic heterocycles. The third-order valence-corrected chi connectivity index (χ3v) is 3.38. The molecule has 0 fully saturated rings. The van der Waals surface area contributed by atoms with Gasteiger partial charge in [0.05, 0.1) is 0 Å². The van der Waals surface area contributed by atoms with Crippen molar-refractivity contribution in [2.45, 2.75) is 6.54 Å². The third kappa shape index (κ3) is 2.59. The topological polar surface area (TPSA) is 51.5 Å². The van der Waals surface area contributed by atoms with E-state index in [1.807, 2.05) is 48.5 Å². The molecule has 0 saturated carbocycles. The normalized spacial score (nSPS) is 10.5. The summed E-state index contributed by atoms with van der Waals surface area (Å²) in [5.74, 6) is 0.459. The van der Waals surface area contributed by atoms with Crippen molar-refractivity contribution >= 4 is 16.9 Å². The van der Waals surface area contributed by atoms with Gasteiger partial charge in [-0.25, -0.2) is 4.79 Å². The number of rotatable bonds is 5. The second kappa shape index (κ2) is 5.77. The molecule has 22 heavy (non-hydrogen) atoms. The molecule has 1 N–H and O–H groups in total. The number of para-hydroxylation sites is 1. The lowest BCUT2D eigenvalue weighted by molar-refractivity contribution is 0.0686. The Morgan fingerprint density at radius 3 is 2.59 bits per heavy atom. The molecule has 3 aromatic rings. The first-order valence-electron chi connectivity index (χ1n) is 6.89. The predicted octanol–water partition coefficient (Wildman–Crippen LogP) is 4.32. The fourth-order valence-electron chi connectivity index (χ4n) is 2.44. The van der Waals surface area contributed by atoms with E-state index in [1.54, 1.807) is 16.7 Å². The Hall–Kier alpha value is -3.01. The van der Waals surface area contributed by atoms with Crippen molar-refractivity contribution in [1.29, 1.82) is 0 Å². The molecule has 0 unspecified atom stereocenters. The van der Waals surface area contributed by atoms with Crippen LogP contribution in [-0.2, 0) is 6.54 Å². The average molecular weight is 293 g/mol. The lowest BCUT2D eigenvalue weighted by atomic mass is 10.2. The molecule has 0 saturated heterocycles. The van der Waals surface area contributed by atoms with Crippen molar-refractivity contribution in [3.63, 3.8) is 0 Å². The minimum Gasteiger partial charge on any atom is -0.477 e. The van der Waals surface area contributed by atoms with Gasteiger partial charge >= 0.3 is 5.97 Å². The molecule has 0 aliphatic heterocycles. The monoisotopic (exact) mass is 293 g/mol. The number of allylic oxidation sites excluding steroid dienone is 1. The first-order chi connectivity index (χ1) is 10.7. The van der Waals surface area contributed by atoms with Crippen molar-refractivity contribution in [1.82, 2.24) is 4.57 Å². The van der Waals surface area contributed by atoms with E-state index < -0.39 is 5.97 Å². The number of aromatic nitrogens is 1. The number of carboxylic acids is 1. The van der Waals surface area contributed by atoms with Crippen LogP contribution in [0.4, 0.5) is 0 Å². The Morgan fingerprint density at radius 1 is 1.14 bits per heavy atom. The van der Waals surface area contributed by atoms with Crippen molar-refractivity contribution in [3.8, 4) is 11.5 Å². The highest BCUT2D eigenvalue weighted by Crippen LogP contribution is 2.28. The molecule has 4 nitrogen and oxygen atoms in total. The molecule has 0 aliphatic carbocycles. The van der Waals surface area contributed by atoms with Crippen LogP contribution in [0, 0.1) is 0 Å². The third-order valence-electron chi connectivity index (χ3n) is 3.38. The van der Waals surface area contributed by atoms with Gasteiger partial charge in [-0.1, -0.05) is 24.3 Å². The van der Waals surface area contributed by atoms with Gasteiger partial charge in [0.1, 0.15) is 17.2 Å². The van der Waals surface area contributed by atoms with Gasteiger partial charge in [0.25, 0.3) is 0 Å². The Bertz CT molecular complexity index is 834. The fourth-order valence-corrected chi connectivity index (χ4v) is 2.44. The zero-order valence-corrected chi connectivity index (χ0v) is 11.9. The zero-order chi connectivity index (χ0) is 15.5. The Labute approximate surface area is 127 Å². The molecule has 0 radical (unpaired) electrons. The summed E-state index contributed by atoms with van der Waals surface area (Å²) in [5.41, 5.74) is 1.09. The summed E-state index contributed by atoms with van der Waals surface area (Å²) in [7, 11) is 0. The summed E-state index contributed by atoms with van der Waals surface area (Å²) in [4.78, 5) is 11.4. The van der Waals surface area contributed by atoms with E-state index in [-0.39, 0.29) is 5.69 Å². The molecule has 0 spiro atoms. The van der Waals surface area contributed by atoms with Crippen molar-refractivity contribution < 1.29 is 14.6 Å². The molecule has 0 atom stereocenters. The van der Waals surface area contributed by atoms with Crippen LogP contribution in [0.5, 0.6) is 11.5 Å². The lowest BCUT2D eigenvalue weighted by Crippen LogP contribution is -2.06. The van der Waals surface area contributed by atoms with Crippen LogP contribution in [0.1, 0.15) is 10.5 Å². The van der Waals surface area contributed by atoms with E-state index in [1.165, 1.54) is 0 Å². The number of fused-ring (bicyclic) bond motifs is 1. The molecule has 3 rings (SSSR count). The molecule has 0 amide bonds. The Morgan fingerprint density at radius 2 is 1.91 bits per heavy atom. The maximum Gasteiger partial charge on any atom is 0.352 e. The van der Waals surface area contributed by atoms with Gasteiger partial charge in [-0.3, -0.25) is 0 Å². The van der Waals surface area contributed by atoms with E-state index in [0.717, 1.165) is 16.7 Å². The summed E-state index contributed by atoms with van der Waals surface area (Å²) in [6.45, 7) is 4.13. The van der Waals surface area contributed by atoms with E-state index in [2.05, 4.69) is 6.58 Å². The molecule has 110 valence electrons. The van der Waals surface area contributed by atoms with Gasteiger partial charge in [-0.15, -0.1) is 6.58 Å². The summed E-state index contributed by atoms with van der Waals surface area (Å²) in [5, 5.41) is 10.1. The second-order valence-corrected chi connectivity index (χ2v) is 4.87. The summed E-state index contributed by atoms with van der Waals surface area (Å²) in [6.07, 6.45) is 1.68. The van der Waals surface area contributed by atoms with E-state index in [4.69, 9.17) is 4.74 Å². The van der Waals surface area contributed by atoms with Crippen molar-refractivity contribution in [2.24, 2.45) is 0 Å². The number of hydrogen-bond donors (Lipinski definition) is 1. The van der Waals surface area contributed by atoms with Crippen LogP contribution < -0.4 is 4.74 Å². The number of carboxylic acid groups (broad SMARTS) is 1. The Balaban J connectivity index is 2.03. The van der Waals surface area contributed by atoms with E-state index >= 15 is 0 Å². The summed E-state index contributed by atoms with van der Waals surface area (Å²) < 4.78 is 7.50. The maximum absolute atomic E-state index is 11.4. The SMILES string of the molecule is C=CCn1c(C(=O)O)cc2cc(Oc3ccccc3)ccc21. The van der Waals surface area contributed by atoms with Crippen LogP contribution >= 0.6 is 0 Å². The lowest BCUT2D eigenvalue weighted by Gasteiger charge is -2.07. The predicted molar refractivity (Wildman–Crippen MR) is 85.6 cm³/mol. The largest absolute Gasteiger partial charge is 0.477 e. The number of benzene rings is 2. The zero-order valence-electron chi connectivity index (χ0n) is 11.9. The molecule has 0 bridgehead atoms. The van der Waals surface area contributed by atoms with Gasteiger partial charge in [0.15, 0.2) is 0 Å². The van der Waals surface area contributed by atoms with Crippen molar-refractivity contribution in [3.05, 3.63) is 72.9 Å². The molecule has 2 aromatic carbocycles. The fraction of sp³-hybridized carbons (Fsp3) is 0.0556. The number of aromatic carboxylic acids is 1. The smallest absolute Gasteiger partial charge is 0.352 e. The van der Waals surface area contributed by atoms with Gasteiger partial charge in [-0.05, 0) is 36.4 Å². The minimum absolute atomic E-state index is 0.242. The summed E-state index contributed by atoms with van der Waals surface area (Å²) >= 11 is 0. The first kappa shape index (κ1) is 13.9. The highest BCUT2D eigenvalue weighted by molar-refractivity contribution is 5.95. The standard InChI is InChI=1S/C18H15NO3/c1-2-10-19-16-9-8-15(22-14-6-4-3-5-7-14)11-13(16)12-17(19)18(20)21/h2-9,11-12H,1,10H2,(H,20,21). The molecule has 1 heterocycles. The van der Waals surface area contributed by atoms with Crippen LogP contribution in [0.3, 0.4) is 0 Å². The van der Waals surface area contributed by atoms with Gasteiger partial charge in [-0.2, -0.15) is 0 Å². The number of carbonyl (C=O) groups is 1. The van der Waals surface area contributed by atoms with Crippen molar-refractivity contribution in [2.75, 3.05) is 0 Å². The molecule has 0 aliphatic rings. The number of hydrogen-bond acceptors (Lipinski definition) is 2. The van der Waals surface area contributed by atoms with Crippen LogP contribution in [-0.4, -0.2) is 15.6 Å². The first-order valence-corrected chi connectivity index (χ1v) is 6.89. The van der Waals surface area contributed by atoms with Gasteiger partial charge in [0, 0.05) is 17.4 Å². The number of nitrogens with zero attached hydrogens (tertiary/aromatic N) is 1. The average Bonchev–Trinajstić information content (AvgIpc) is 2.87. The second-order valence-electron chi connectivity index (χ2n) is 4.87. The number of ether oxygens (including phenoxy) is 1. The van der Waals surface area contributed by atoms with Crippen LogP contribution in [0.25, 0.3) is 10.9 Å². The maximum atomic E-state index is 11.4. The highest BCUT2D eigenvalue weighted by atomic mass is 16.5. The van der Waals surface area contributed by atoms with E-state index in [9.17, 15) is 9.90 Å². The molecular weight excluding hydrogens is 278 g/mol. The van der Waals surface area contributed by atoms with Gasteiger partial charge < -0.3 is 14.4 Å². The van der Waals surface area contributed by atoms with Crippen LogP contribution in [0.15, 0.2) is 67.3 Å². The molecule has 4 heteroatoms. The summed E-state index contributed by atoms with van der Waals surface area (Å²) in [6, 6.07) is 16.7. The van der Waals surface area contributed by atoms with Gasteiger partial charge in [0.2, 0.25) is 0 Å². The minimum atomic E-state index is -0.955. The van der Waals surface area contributed by atoms with Crippen LogP contribution in [0.2, 0.25) is 0 Å².